The lowest BCUT2D eigenvalue weighted by Crippen LogP contribution is -2.54. The minimum absolute atomic E-state index is 0.00151. The van der Waals surface area contributed by atoms with Crippen LogP contribution in [0.1, 0.15) is 18.9 Å². The molecule has 6 nitrogen and oxygen atoms in total. The number of pyridine rings is 1. The monoisotopic (exact) mass is 278 g/mol. The van der Waals surface area contributed by atoms with Crippen molar-refractivity contribution in [3.8, 4) is 0 Å². The van der Waals surface area contributed by atoms with Gasteiger partial charge in [0.2, 0.25) is 5.91 Å². The number of nitrogens with one attached hydrogen (secondary N) is 1. The molecular formula is C14H22N4O2. The molecule has 0 saturated carbocycles. The van der Waals surface area contributed by atoms with Crippen LogP contribution in [-0.4, -0.2) is 43.2 Å². The van der Waals surface area contributed by atoms with Gasteiger partial charge in [-0.25, -0.2) is 0 Å². The molecule has 3 N–H and O–H groups in total. The molecular weight excluding hydrogens is 256 g/mol. The van der Waals surface area contributed by atoms with Gasteiger partial charge >= 0.3 is 0 Å². The first kappa shape index (κ1) is 14.7. The van der Waals surface area contributed by atoms with Crippen molar-refractivity contribution in [3.05, 3.63) is 24.0 Å². The van der Waals surface area contributed by atoms with Crippen molar-refractivity contribution in [1.29, 1.82) is 0 Å². The van der Waals surface area contributed by atoms with Crippen LogP contribution in [0.15, 0.2) is 18.5 Å². The fourth-order valence-electron chi connectivity index (χ4n) is 2.32. The topological polar surface area (TPSA) is 80.5 Å². The average Bonchev–Trinajstić information content (AvgIpc) is 2.52. The number of aromatic nitrogens is 1. The Kier molecular flexibility index (Phi) is 5.31. The number of anilines is 1. The van der Waals surface area contributed by atoms with E-state index >= 15 is 0 Å². The van der Waals surface area contributed by atoms with Crippen LogP contribution in [0, 0.1) is 0 Å². The molecule has 1 amide bonds. The summed E-state index contributed by atoms with van der Waals surface area (Å²) in [6.07, 6.45) is 4.41. The van der Waals surface area contributed by atoms with E-state index in [1.54, 1.807) is 12.4 Å². The van der Waals surface area contributed by atoms with E-state index in [0.717, 1.165) is 17.7 Å². The predicted molar refractivity (Wildman–Crippen MR) is 77.4 cm³/mol. The van der Waals surface area contributed by atoms with Gasteiger partial charge in [-0.05, 0) is 18.1 Å². The lowest BCUT2D eigenvalue weighted by molar-refractivity contribution is -0.124. The van der Waals surface area contributed by atoms with Gasteiger partial charge in [-0.15, -0.1) is 0 Å². The molecule has 2 heterocycles. The lowest BCUT2D eigenvalue weighted by atomic mass is 10.1. The van der Waals surface area contributed by atoms with Crippen LogP contribution in [0.25, 0.3) is 0 Å². The number of hydrogen-bond acceptors (Lipinski definition) is 5. The second-order valence-electron chi connectivity index (χ2n) is 4.78. The molecule has 0 aromatic carbocycles. The molecule has 0 radical (unpaired) electrons. The van der Waals surface area contributed by atoms with E-state index < -0.39 is 0 Å². The van der Waals surface area contributed by atoms with Crippen molar-refractivity contribution < 1.29 is 9.53 Å². The average molecular weight is 278 g/mol. The van der Waals surface area contributed by atoms with Crippen LogP contribution < -0.4 is 16.0 Å². The third-order valence-electron chi connectivity index (χ3n) is 3.40. The Morgan fingerprint density at radius 1 is 1.65 bits per heavy atom. The Morgan fingerprint density at radius 3 is 3.25 bits per heavy atom. The zero-order valence-corrected chi connectivity index (χ0v) is 11.8. The van der Waals surface area contributed by atoms with E-state index in [2.05, 4.69) is 10.3 Å². The number of amides is 1. The van der Waals surface area contributed by atoms with E-state index in [9.17, 15) is 4.79 Å². The molecule has 0 bridgehead atoms. The number of hydrogen-bond donors (Lipinski definition) is 2. The highest BCUT2D eigenvalue weighted by atomic mass is 16.5. The van der Waals surface area contributed by atoms with Crippen LogP contribution in [0.2, 0.25) is 0 Å². The van der Waals surface area contributed by atoms with E-state index in [4.69, 9.17) is 10.5 Å². The SMILES string of the molecule is CCCNC(=O)C1COCCN1c1cnccc1CN. The van der Waals surface area contributed by atoms with Gasteiger partial charge in [0.15, 0.2) is 0 Å². The highest BCUT2D eigenvalue weighted by Crippen LogP contribution is 2.23. The maximum Gasteiger partial charge on any atom is 0.245 e. The molecule has 1 aliphatic rings. The van der Waals surface area contributed by atoms with Crippen LogP contribution in [0.3, 0.4) is 0 Å². The molecule has 0 aliphatic carbocycles. The first-order chi connectivity index (χ1) is 9.77. The van der Waals surface area contributed by atoms with Gasteiger partial charge in [-0.1, -0.05) is 6.92 Å². The molecule has 2 rings (SSSR count). The Morgan fingerprint density at radius 2 is 2.50 bits per heavy atom. The molecule has 1 atom stereocenters. The Hall–Kier alpha value is -1.66. The summed E-state index contributed by atoms with van der Waals surface area (Å²) in [5, 5.41) is 2.93. The zero-order valence-electron chi connectivity index (χ0n) is 11.8. The molecule has 1 saturated heterocycles. The maximum absolute atomic E-state index is 12.3. The summed E-state index contributed by atoms with van der Waals surface area (Å²) in [6, 6.07) is 1.58. The third kappa shape index (κ3) is 3.26. The Labute approximate surface area is 119 Å². The summed E-state index contributed by atoms with van der Waals surface area (Å²) in [5.41, 5.74) is 7.69. The number of ether oxygens (including phenoxy) is 1. The van der Waals surface area contributed by atoms with Crippen LogP contribution in [0.4, 0.5) is 5.69 Å². The third-order valence-corrected chi connectivity index (χ3v) is 3.40. The van der Waals surface area contributed by atoms with Gasteiger partial charge < -0.3 is 20.7 Å². The van der Waals surface area contributed by atoms with Gasteiger partial charge in [0.1, 0.15) is 6.04 Å². The molecule has 1 aliphatic heterocycles. The van der Waals surface area contributed by atoms with Crippen molar-refractivity contribution in [2.24, 2.45) is 5.73 Å². The quantitative estimate of drug-likeness (QED) is 0.808. The fraction of sp³-hybridized carbons (Fsp3) is 0.571. The van der Waals surface area contributed by atoms with Crippen molar-refractivity contribution in [1.82, 2.24) is 10.3 Å². The maximum atomic E-state index is 12.3. The summed E-state index contributed by atoms with van der Waals surface area (Å²) in [4.78, 5) is 18.5. The Balaban J connectivity index is 2.20. The number of carbonyl (C=O) groups is 1. The summed E-state index contributed by atoms with van der Waals surface area (Å²) in [5.74, 6) is -0.00151. The number of morpholine rings is 1. The fourth-order valence-corrected chi connectivity index (χ4v) is 2.32. The summed E-state index contributed by atoms with van der Waals surface area (Å²) >= 11 is 0. The molecule has 1 aromatic rings. The van der Waals surface area contributed by atoms with Crippen molar-refractivity contribution >= 4 is 11.6 Å². The van der Waals surface area contributed by atoms with E-state index in [-0.39, 0.29) is 11.9 Å². The summed E-state index contributed by atoms with van der Waals surface area (Å²) < 4.78 is 5.45. The number of nitrogens with zero attached hydrogens (tertiary/aromatic N) is 2. The van der Waals surface area contributed by atoms with Gasteiger partial charge in [-0.3, -0.25) is 9.78 Å². The number of nitrogens with two attached hydrogens (primary N) is 1. The van der Waals surface area contributed by atoms with Gasteiger partial charge in [0, 0.05) is 25.8 Å². The molecule has 1 fully saturated rings. The molecule has 1 unspecified atom stereocenters. The van der Waals surface area contributed by atoms with Crippen molar-refractivity contribution in [2.45, 2.75) is 25.9 Å². The van der Waals surface area contributed by atoms with Gasteiger partial charge in [-0.2, -0.15) is 0 Å². The van der Waals surface area contributed by atoms with Gasteiger partial charge in [0.05, 0.1) is 25.1 Å². The minimum Gasteiger partial charge on any atom is -0.377 e. The van der Waals surface area contributed by atoms with Gasteiger partial charge in [0.25, 0.3) is 0 Å². The van der Waals surface area contributed by atoms with Crippen LogP contribution >= 0.6 is 0 Å². The molecule has 0 spiro atoms. The summed E-state index contributed by atoms with van der Waals surface area (Å²) in [6.45, 7) is 4.81. The predicted octanol–water partition coefficient (Wildman–Crippen LogP) is 0.272. The lowest BCUT2D eigenvalue weighted by Gasteiger charge is -2.37. The molecule has 20 heavy (non-hydrogen) atoms. The Bertz CT molecular complexity index is 453. The van der Waals surface area contributed by atoms with Crippen LogP contribution in [-0.2, 0) is 16.1 Å². The molecule has 1 aromatic heterocycles. The van der Waals surface area contributed by atoms with E-state index in [0.29, 0.717) is 32.8 Å². The number of carbonyl (C=O) groups excluding carboxylic acids is 1. The van der Waals surface area contributed by atoms with E-state index in [1.165, 1.54) is 0 Å². The van der Waals surface area contributed by atoms with Crippen molar-refractivity contribution in [3.63, 3.8) is 0 Å². The zero-order chi connectivity index (χ0) is 14.4. The largest absolute Gasteiger partial charge is 0.377 e. The smallest absolute Gasteiger partial charge is 0.245 e. The normalized spacial score (nSPS) is 18.9. The minimum atomic E-state index is -0.315. The highest BCUT2D eigenvalue weighted by molar-refractivity contribution is 5.85. The second kappa shape index (κ2) is 7.21. The van der Waals surface area contributed by atoms with Crippen molar-refractivity contribution in [2.75, 3.05) is 31.2 Å². The number of rotatable bonds is 5. The van der Waals surface area contributed by atoms with Crippen LogP contribution in [0.5, 0.6) is 0 Å². The highest BCUT2D eigenvalue weighted by Gasteiger charge is 2.30. The first-order valence-corrected chi connectivity index (χ1v) is 7.03. The van der Waals surface area contributed by atoms with E-state index in [1.807, 2.05) is 17.9 Å². The second-order valence-corrected chi connectivity index (χ2v) is 4.78. The summed E-state index contributed by atoms with van der Waals surface area (Å²) in [7, 11) is 0. The first-order valence-electron chi connectivity index (χ1n) is 7.03. The molecule has 6 heteroatoms. The molecule has 110 valence electrons. The standard InChI is InChI=1S/C14H22N4O2/c1-2-4-17-14(19)13-10-20-7-6-18(13)12-9-16-5-3-11(12)8-15/h3,5,9,13H,2,4,6-8,10,15H2,1H3,(H,17,19).